The van der Waals surface area contributed by atoms with Crippen LogP contribution < -0.4 is 5.32 Å². The van der Waals surface area contributed by atoms with Crippen molar-refractivity contribution in [1.29, 1.82) is 0 Å². The Morgan fingerprint density at radius 2 is 2.31 bits per heavy atom. The van der Waals surface area contributed by atoms with Crippen LogP contribution in [0.3, 0.4) is 0 Å². The van der Waals surface area contributed by atoms with E-state index in [1.165, 1.54) is 18.7 Å². The Morgan fingerprint density at radius 3 is 3.00 bits per heavy atom. The fourth-order valence-electron chi connectivity index (χ4n) is 1.10. The molecule has 0 saturated carbocycles. The van der Waals surface area contributed by atoms with Crippen molar-refractivity contribution < 1.29 is 9.90 Å². The lowest BCUT2D eigenvalue weighted by Gasteiger charge is -2.05. The Balaban J connectivity index is 2.31. The van der Waals surface area contributed by atoms with E-state index >= 15 is 0 Å². The molecule has 16 heavy (non-hydrogen) atoms. The van der Waals surface area contributed by atoms with Crippen molar-refractivity contribution in [2.75, 3.05) is 5.32 Å². The van der Waals surface area contributed by atoms with E-state index in [0.717, 1.165) is 0 Å². The molecule has 0 aliphatic rings. The van der Waals surface area contributed by atoms with Crippen molar-refractivity contribution in [3.8, 4) is 0 Å². The molecule has 0 atom stereocenters. The standard InChI is InChI=1S/C9H7N5O2/c15-9(16)8-6(4-10-5-11-8)13-7-2-1-3-12-14-7/h1-5H,(H,13,14)(H,15,16). The van der Waals surface area contributed by atoms with Crippen molar-refractivity contribution >= 4 is 17.5 Å². The Labute approximate surface area is 90.2 Å². The van der Waals surface area contributed by atoms with E-state index in [2.05, 4.69) is 25.5 Å². The van der Waals surface area contributed by atoms with Gasteiger partial charge in [0.05, 0.1) is 11.9 Å². The molecule has 0 radical (unpaired) electrons. The van der Waals surface area contributed by atoms with Crippen LogP contribution in [0.5, 0.6) is 0 Å². The van der Waals surface area contributed by atoms with Gasteiger partial charge in [-0.2, -0.15) is 5.10 Å². The first-order valence-corrected chi connectivity index (χ1v) is 4.35. The molecule has 0 amide bonds. The van der Waals surface area contributed by atoms with E-state index in [9.17, 15) is 4.79 Å². The number of nitrogens with one attached hydrogen (secondary N) is 1. The third-order valence-corrected chi connectivity index (χ3v) is 1.75. The molecule has 7 nitrogen and oxygen atoms in total. The summed E-state index contributed by atoms with van der Waals surface area (Å²) in [5, 5.41) is 19.1. The smallest absolute Gasteiger partial charge is 0.356 e. The van der Waals surface area contributed by atoms with Gasteiger partial charge >= 0.3 is 5.97 Å². The second kappa shape index (κ2) is 4.30. The van der Waals surface area contributed by atoms with E-state index < -0.39 is 5.97 Å². The van der Waals surface area contributed by atoms with E-state index in [1.807, 2.05) is 0 Å². The molecule has 7 heteroatoms. The normalized spacial score (nSPS) is 9.75. The summed E-state index contributed by atoms with van der Waals surface area (Å²) in [6.07, 6.45) is 4.06. The SMILES string of the molecule is O=C(O)c1ncncc1Nc1cccnn1. The first-order valence-electron chi connectivity index (χ1n) is 4.35. The Morgan fingerprint density at radius 1 is 1.44 bits per heavy atom. The fourth-order valence-corrected chi connectivity index (χ4v) is 1.10. The summed E-state index contributed by atoms with van der Waals surface area (Å²) in [6.45, 7) is 0. The van der Waals surface area contributed by atoms with E-state index in [4.69, 9.17) is 5.11 Å². The van der Waals surface area contributed by atoms with Crippen LogP contribution in [0.15, 0.2) is 30.9 Å². The highest BCUT2D eigenvalue weighted by atomic mass is 16.4. The van der Waals surface area contributed by atoms with Crippen LogP contribution in [0.4, 0.5) is 11.5 Å². The number of aromatic nitrogens is 4. The van der Waals surface area contributed by atoms with Gasteiger partial charge in [-0.1, -0.05) is 0 Å². The lowest BCUT2D eigenvalue weighted by atomic mass is 10.3. The van der Waals surface area contributed by atoms with Gasteiger partial charge in [0.1, 0.15) is 6.33 Å². The highest BCUT2D eigenvalue weighted by Crippen LogP contribution is 2.15. The van der Waals surface area contributed by atoms with Gasteiger partial charge in [0, 0.05) is 6.20 Å². The molecule has 0 fully saturated rings. The minimum absolute atomic E-state index is 0.111. The Hall–Kier alpha value is -2.57. The quantitative estimate of drug-likeness (QED) is 0.780. The van der Waals surface area contributed by atoms with Crippen molar-refractivity contribution in [3.05, 3.63) is 36.5 Å². The first-order chi connectivity index (χ1) is 7.77. The molecule has 0 aliphatic heterocycles. The maximum absolute atomic E-state index is 10.8. The Kier molecular flexibility index (Phi) is 2.68. The van der Waals surface area contributed by atoms with Crippen LogP contribution in [0.25, 0.3) is 0 Å². The van der Waals surface area contributed by atoms with Crippen LogP contribution in [0.2, 0.25) is 0 Å². The third kappa shape index (κ3) is 2.08. The lowest BCUT2D eigenvalue weighted by molar-refractivity contribution is 0.0691. The molecule has 2 aromatic heterocycles. The first kappa shape index (κ1) is 9.97. The number of aromatic carboxylic acids is 1. The number of rotatable bonds is 3. The molecule has 0 spiro atoms. The number of carbonyl (C=O) groups is 1. The van der Waals surface area contributed by atoms with E-state index in [1.54, 1.807) is 12.1 Å². The van der Waals surface area contributed by atoms with Gasteiger partial charge in [0.2, 0.25) is 0 Å². The van der Waals surface area contributed by atoms with E-state index in [-0.39, 0.29) is 11.4 Å². The maximum atomic E-state index is 10.8. The summed E-state index contributed by atoms with van der Waals surface area (Å²) in [5.74, 6) is -0.700. The summed E-state index contributed by atoms with van der Waals surface area (Å²) >= 11 is 0. The summed E-state index contributed by atoms with van der Waals surface area (Å²) < 4.78 is 0. The zero-order valence-electron chi connectivity index (χ0n) is 8.03. The van der Waals surface area contributed by atoms with Crippen LogP contribution in [-0.2, 0) is 0 Å². The number of hydrogen-bond donors (Lipinski definition) is 2. The van der Waals surface area contributed by atoms with E-state index in [0.29, 0.717) is 5.82 Å². The van der Waals surface area contributed by atoms with Gasteiger partial charge in [0.25, 0.3) is 0 Å². The molecule has 80 valence electrons. The van der Waals surface area contributed by atoms with Crippen LogP contribution in [0.1, 0.15) is 10.5 Å². The second-order valence-corrected chi connectivity index (χ2v) is 2.82. The number of carboxylic acids is 1. The molecule has 2 heterocycles. The highest BCUT2D eigenvalue weighted by molar-refractivity contribution is 5.92. The predicted molar refractivity (Wildman–Crippen MR) is 54.3 cm³/mol. The van der Waals surface area contributed by atoms with Gasteiger partial charge in [-0.15, -0.1) is 5.10 Å². The molecule has 0 aliphatic carbocycles. The van der Waals surface area contributed by atoms with Gasteiger partial charge in [0.15, 0.2) is 11.5 Å². The zero-order chi connectivity index (χ0) is 11.4. The van der Waals surface area contributed by atoms with Crippen LogP contribution in [-0.4, -0.2) is 31.2 Å². The van der Waals surface area contributed by atoms with Gasteiger partial charge in [-0.05, 0) is 12.1 Å². The predicted octanol–water partition coefficient (Wildman–Crippen LogP) is 0.708. The molecule has 2 N–H and O–H groups in total. The topological polar surface area (TPSA) is 101 Å². The van der Waals surface area contributed by atoms with Crippen LogP contribution in [0, 0.1) is 0 Å². The lowest BCUT2D eigenvalue weighted by Crippen LogP contribution is -2.06. The number of nitrogens with zero attached hydrogens (tertiary/aromatic N) is 4. The zero-order valence-corrected chi connectivity index (χ0v) is 8.03. The molecular weight excluding hydrogens is 210 g/mol. The second-order valence-electron chi connectivity index (χ2n) is 2.82. The summed E-state index contributed by atoms with van der Waals surface area (Å²) in [7, 11) is 0. The monoisotopic (exact) mass is 217 g/mol. The number of anilines is 2. The number of carboxylic acid groups (broad SMARTS) is 1. The van der Waals surface area contributed by atoms with Gasteiger partial charge < -0.3 is 10.4 Å². The summed E-state index contributed by atoms with van der Waals surface area (Å²) in [5.41, 5.74) is 0.163. The van der Waals surface area contributed by atoms with Crippen molar-refractivity contribution in [2.24, 2.45) is 0 Å². The summed E-state index contributed by atoms with van der Waals surface area (Å²) in [6, 6.07) is 3.34. The molecule has 0 aromatic carbocycles. The van der Waals surface area contributed by atoms with Crippen molar-refractivity contribution in [1.82, 2.24) is 20.2 Å². The van der Waals surface area contributed by atoms with Crippen LogP contribution >= 0.6 is 0 Å². The number of hydrogen-bond acceptors (Lipinski definition) is 6. The summed E-state index contributed by atoms with van der Waals surface area (Å²) in [4.78, 5) is 18.2. The molecule has 0 bridgehead atoms. The van der Waals surface area contributed by atoms with Crippen molar-refractivity contribution in [2.45, 2.75) is 0 Å². The third-order valence-electron chi connectivity index (χ3n) is 1.75. The molecule has 2 aromatic rings. The highest BCUT2D eigenvalue weighted by Gasteiger charge is 2.11. The molecule has 2 rings (SSSR count). The molecule has 0 saturated heterocycles. The minimum Gasteiger partial charge on any atom is -0.476 e. The largest absolute Gasteiger partial charge is 0.476 e. The maximum Gasteiger partial charge on any atom is 0.356 e. The van der Waals surface area contributed by atoms with Gasteiger partial charge in [-0.3, -0.25) is 0 Å². The minimum atomic E-state index is -1.13. The Bertz CT molecular complexity index is 502. The van der Waals surface area contributed by atoms with Crippen molar-refractivity contribution in [3.63, 3.8) is 0 Å². The molecular formula is C9H7N5O2. The molecule has 0 unspecified atom stereocenters. The average molecular weight is 217 g/mol. The average Bonchev–Trinajstić information content (AvgIpc) is 2.31. The van der Waals surface area contributed by atoms with Gasteiger partial charge in [-0.25, -0.2) is 14.8 Å². The fraction of sp³-hybridized carbons (Fsp3) is 0.